The molecule has 1 heterocycles. The molecule has 0 aliphatic rings. The zero-order chi connectivity index (χ0) is 12.0. The van der Waals surface area contributed by atoms with Crippen LogP contribution in [-0.4, -0.2) is 31.7 Å². The van der Waals surface area contributed by atoms with Crippen LogP contribution in [0.5, 0.6) is 5.88 Å². The first-order valence-electron chi connectivity index (χ1n) is 5.03. The summed E-state index contributed by atoms with van der Waals surface area (Å²) in [4.78, 5) is 4.34. The maximum atomic E-state index is 10.2. The minimum atomic E-state index is 0.195. The Balaban J connectivity index is 2.67. The van der Waals surface area contributed by atoms with Crippen LogP contribution in [0.3, 0.4) is 0 Å². The second-order valence-electron chi connectivity index (χ2n) is 3.46. The van der Waals surface area contributed by atoms with E-state index >= 15 is 0 Å². The number of aromatic nitrogens is 1. The average Bonchev–Trinajstić information content (AvgIpc) is 2.29. The van der Waals surface area contributed by atoms with Crippen molar-refractivity contribution in [2.45, 2.75) is 19.4 Å². The Kier molecular flexibility index (Phi) is 5.62. The molecule has 86 valence electrons. The van der Waals surface area contributed by atoms with Gasteiger partial charge in [-0.05, 0) is 0 Å². The van der Waals surface area contributed by atoms with Gasteiger partial charge in [0.1, 0.15) is 0 Å². The number of halogens is 1. The summed E-state index contributed by atoms with van der Waals surface area (Å²) in [6.07, 6.45) is 1.11. The quantitative estimate of drug-likeness (QED) is 0.802. The van der Waals surface area contributed by atoms with Crippen molar-refractivity contribution in [1.82, 2.24) is 10.3 Å². The molecule has 1 atom stereocenters. The Morgan fingerprint density at radius 1 is 1.62 bits per heavy atom. The van der Waals surface area contributed by atoms with Crippen molar-refractivity contribution in [3.05, 3.63) is 22.3 Å². The molecule has 16 heavy (non-hydrogen) atoms. The third kappa shape index (κ3) is 4.02. The van der Waals surface area contributed by atoms with E-state index < -0.39 is 0 Å². The predicted octanol–water partition coefficient (Wildman–Crippen LogP) is 1.38. The molecule has 1 aromatic heterocycles. The molecule has 0 bridgehead atoms. The number of hydrogen-bond donors (Lipinski definition) is 1. The molecule has 4 nitrogen and oxygen atoms in total. The molecule has 0 aliphatic heterocycles. The fourth-order valence-electron chi connectivity index (χ4n) is 1.33. The Morgan fingerprint density at radius 2 is 2.38 bits per heavy atom. The van der Waals surface area contributed by atoms with Gasteiger partial charge in [-0.15, -0.1) is 0 Å². The number of rotatable bonds is 6. The Hall–Kier alpha value is -0.745. The third-order valence-corrected chi connectivity index (χ3v) is 2.87. The van der Waals surface area contributed by atoms with E-state index in [1.165, 1.54) is 0 Å². The van der Waals surface area contributed by atoms with Gasteiger partial charge in [0.05, 0.1) is 0 Å². The summed E-state index contributed by atoms with van der Waals surface area (Å²) in [7, 11) is 2.44. The maximum absolute atomic E-state index is 10.2. The number of hydrogen-bond acceptors (Lipinski definition) is 4. The first kappa shape index (κ1) is 13.3. The summed E-state index contributed by atoms with van der Waals surface area (Å²) >= 11 is 3.44. The van der Waals surface area contributed by atoms with Crippen molar-refractivity contribution in [3.8, 4) is 5.88 Å². The van der Waals surface area contributed by atoms with E-state index in [9.17, 15) is 4.70 Å². The molecule has 1 unspecified atom stereocenters. The summed E-state index contributed by atoms with van der Waals surface area (Å²) in [5.74, 6) is 0.598. The molecule has 0 saturated carbocycles. The number of methoxy groups -OCH3 is 1. The molecule has 0 aliphatic carbocycles. The number of nitrogens with zero attached hydrogens (tertiary/aromatic N) is 1. The van der Waals surface area contributed by atoms with Crippen LogP contribution >= 0.6 is 15.9 Å². The molecular formula is C10H14BBrN2O2. The van der Waals surface area contributed by atoms with Gasteiger partial charge in [-0.25, -0.2) is 0 Å². The second-order valence-corrected chi connectivity index (χ2v) is 4.32. The second kappa shape index (κ2) is 6.76. The van der Waals surface area contributed by atoms with Crippen LogP contribution in [0.25, 0.3) is 0 Å². The van der Waals surface area contributed by atoms with E-state index in [0.717, 1.165) is 23.7 Å². The van der Waals surface area contributed by atoms with Gasteiger partial charge in [0.25, 0.3) is 0 Å². The normalized spacial score (nSPS) is 11.9. The predicted molar refractivity (Wildman–Crippen MR) is 66.1 cm³/mol. The molecular weight excluding hydrogens is 271 g/mol. The van der Waals surface area contributed by atoms with Crippen molar-refractivity contribution in [2.75, 3.05) is 13.6 Å². The number of ether oxygens (including phenoxy) is 1. The monoisotopic (exact) mass is 284 g/mol. The molecule has 0 amide bonds. The molecule has 0 aromatic carbocycles. The van der Waals surface area contributed by atoms with Crippen LogP contribution in [0.2, 0.25) is 0 Å². The van der Waals surface area contributed by atoms with Crippen LogP contribution in [-0.2, 0) is 11.1 Å². The fraction of sp³-hybridized carbons (Fsp3) is 0.500. The molecule has 0 saturated heterocycles. The summed E-state index contributed by atoms with van der Waals surface area (Å²) < 4.78 is 16.2. The van der Waals surface area contributed by atoms with Gasteiger partial charge in [0.15, 0.2) is 0 Å². The Morgan fingerprint density at radius 3 is 3.00 bits per heavy atom. The number of nitrogens with one attached hydrogen (secondary N) is 1. The van der Waals surface area contributed by atoms with Crippen LogP contribution in [0.1, 0.15) is 12.6 Å². The molecule has 6 heteroatoms. The average molecular weight is 285 g/mol. The van der Waals surface area contributed by atoms with Crippen molar-refractivity contribution in [1.29, 1.82) is 0 Å². The van der Waals surface area contributed by atoms with Crippen molar-refractivity contribution in [3.63, 3.8) is 0 Å². The summed E-state index contributed by atoms with van der Waals surface area (Å²) in [6, 6.07) is 3.91. The van der Waals surface area contributed by atoms with Crippen molar-refractivity contribution < 1.29 is 9.44 Å². The van der Waals surface area contributed by atoms with Gasteiger partial charge in [0, 0.05) is 0 Å². The first-order chi connectivity index (χ1) is 7.67. The van der Waals surface area contributed by atoms with E-state index in [1.54, 1.807) is 13.2 Å². The molecule has 1 N–H and O–H groups in total. The molecule has 0 radical (unpaired) electrons. The van der Waals surface area contributed by atoms with Crippen LogP contribution in [0, 0.1) is 0 Å². The topological polar surface area (TPSA) is 51.2 Å². The van der Waals surface area contributed by atoms with Gasteiger partial charge in [-0.1, -0.05) is 0 Å². The van der Waals surface area contributed by atoms with Crippen LogP contribution in [0.15, 0.2) is 16.6 Å². The van der Waals surface area contributed by atoms with E-state index in [-0.39, 0.29) is 6.04 Å². The van der Waals surface area contributed by atoms with E-state index in [4.69, 9.17) is 4.74 Å². The fourth-order valence-corrected chi connectivity index (χ4v) is 1.72. The van der Waals surface area contributed by atoms with Gasteiger partial charge < -0.3 is 0 Å². The Labute approximate surface area is 104 Å². The van der Waals surface area contributed by atoms with Crippen molar-refractivity contribution >= 4 is 23.1 Å². The zero-order valence-electron chi connectivity index (χ0n) is 9.37. The van der Waals surface area contributed by atoms with Gasteiger partial charge in [-0.2, -0.15) is 0 Å². The molecule has 0 fully saturated rings. The van der Waals surface area contributed by atoms with Gasteiger partial charge in [-0.3, -0.25) is 0 Å². The standard InChI is InChI=1S/C10H14BBrN2O2/c1-7(13-6-11-15)5-9-8(12)3-4-10(14-9)16-2/h3-4,7,13H,5-6H2,1-2H3. The van der Waals surface area contributed by atoms with Crippen LogP contribution < -0.4 is 10.1 Å². The Bertz CT molecular complexity index is 363. The van der Waals surface area contributed by atoms with E-state index in [1.807, 2.05) is 13.0 Å². The van der Waals surface area contributed by atoms with E-state index in [0.29, 0.717) is 12.3 Å². The van der Waals surface area contributed by atoms with Gasteiger partial charge in [0.2, 0.25) is 0 Å². The minimum absolute atomic E-state index is 0.195. The van der Waals surface area contributed by atoms with Gasteiger partial charge >= 0.3 is 104 Å². The summed E-state index contributed by atoms with van der Waals surface area (Å²) in [5, 5.41) is 3.08. The third-order valence-electron chi connectivity index (χ3n) is 2.15. The molecule has 1 aromatic rings. The first-order valence-corrected chi connectivity index (χ1v) is 5.83. The zero-order valence-corrected chi connectivity index (χ0v) is 11.0. The van der Waals surface area contributed by atoms with Crippen LogP contribution in [0.4, 0.5) is 0 Å². The molecule has 0 spiro atoms. The molecule has 1 rings (SSSR count). The summed E-state index contributed by atoms with van der Waals surface area (Å²) in [5.41, 5.74) is 0.922. The number of pyridine rings is 1. The van der Waals surface area contributed by atoms with Crippen molar-refractivity contribution in [2.24, 2.45) is 0 Å². The van der Waals surface area contributed by atoms with E-state index in [2.05, 4.69) is 26.2 Å². The SMILES string of the molecule is COc1ccc(Br)c(CC(C)NCB=O)n1. The summed E-state index contributed by atoms with van der Waals surface area (Å²) in [6.45, 7) is 2.01.